The summed E-state index contributed by atoms with van der Waals surface area (Å²) < 4.78 is 6.94. The van der Waals surface area contributed by atoms with Crippen LogP contribution in [-0.4, -0.2) is 56.5 Å². The van der Waals surface area contributed by atoms with Crippen molar-refractivity contribution in [3.05, 3.63) is 87.0 Å². The molecule has 1 amide bonds. The van der Waals surface area contributed by atoms with E-state index in [2.05, 4.69) is 55.4 Å². The average Bonchev–Trinajstić information content (AvgIpc) is 3.60. The molecular formula is C33H36N4O4S. The highest BCUT2D eigenvalue weighted by molar-refractivity contribution is 7.15. The standard InChI is InChI=1S/C33H36N4O4S/c1-5-29-27(32(38)41-6-2)20-34-37(29)30-9-7-8-28(35-30)31-26(19-22(4)42-31)13-11-23-10-12-25(18-21(23)3)24-14-16-36(17-15-24)33(39)40/h7-13,18-20,24H,5-6,14-17H2,1-4H3,(H,39,40). The Morgan fingerprint density at radius 1 is 1.07 bits per heavy atom. The van der Waals surface area contributed by atoms with Crippen molar-refractivity contribution in [2.45, 2.75) is 52.9 Å². The number of aryl methyl sites for hydroxylation is 2. The summed E-state index contributed by atoms with van der Waals surface area (Å²) >= 11 is 1.70. The van der Waals surface area contributed by atoms with Crippen molar-refractivity contribution < 1.29 is 19.4 Å². The fraction of sp³-hybridized carbons (Fsp3) is 0.333. The highest BCUT2D eigenvalue weighted by Gasteiger charge is 2.24. The molecule has 1 fully saturated rings. The molecule has 8 nitrogen and oxygen atoms in total. The fourth-order valence-corrected chi connectivity index (χ4v) is 6.51. The van der Waals surface area contributed by atoms with Crippen molar-refractivity contribution in [3.63, 3.8) is 0 Å². The number of amides is 1. The molecule has 5 rings (SSSR count). The van der Waals surface area contributed by atoms with E-state index >= 15 is 0 Å². The van der Waals surface area contributed by atoms with Crippen molar-refractivity contribution >= 4 is 35.6 Å². The van der Waals surface area contributed by atoms with E-state index in [1.807, 2.05) is 25.1 Å². The number of rotatable bonds is 8. The number of aromatic nitrogens is 3. The van der Waals surface area contributed by atoms with Gasteiger partial charge in [0, 0.05) is 18.0 Å². The number of hydrogen-bond acceptors (Lipinski definition) is 6. The molecule has 3 aromatic heterocycles. The molecule has 9 heteroatoms. The molecule has 1 aliphatic rings. The number of piperidine rings is 1. The van der Waals surface area contributed by atoms with Crippen LogP contribution in [0.15, 0.2) is 48.7 Å². The minimum Gasteiger partial charge on any atom is -0.465 e. The number of likely N-dealkylation sites (tertiary alicyclic amines) is 1. The van der Waals surface area contributed by atoms with Gasteiger partial charge in [0.2, 0.25) is 0 Å². The normalized spacial score (nSPS) is 14.0. The summed E-state index contributed by atoms with van der Waals surface area (Å²) in [5.41, 5.74) is 6.80. The Labute approximate surface area is 250 Å². The maximum absolute atomic E-state index is 12.4. The molecule has 4 aromatic rings. The highest BCUT2D eigenvalue weighted by Crippen LogP contribution is 2.34. The summed E-state index contributed by atoms with van der Waals surface area (Å²) in [7, 11) is 0. The molecule has 0 bridgehead atoms. The number of carbonyl (C=O) groups is 2. The van der Waals surface area contributed by atoms with Crippen LogP contribution in [0.4, 0.5) is 4.79 Å². The molecule has 1 saturated heterocycles. The number of benzene rings is 1. The number of esters is 1. The molecule has 0 unspecified atom stereocenters. The third-order valence-corrected chi connectivity index (χ3v) is 8.83. The zero-order chi connectivity index (χ0) is 29.8. The number of carbonyl (C=O) groups excluding carboxylic acids is 1. The van der Waals surface area contributed by atoms with Gasteiger partial charge in [0.25, 0.3) is 0 Å². The molecule has 1 N–H and O–H groups in total. The van der Waals surface area contributed by atoms with E-state index < -0.39 is 6.09 Å². The zero-order valence-corrected chi connectivity index (χ0v) is 25.3. The second-order valence-corrected chi connectivity index (χ2v) is 11.8. The number of nitrogens with zero attached hydrogens (tertiary/aromatic N) is 4. The van der Waals surface area contributed by atoms with Crippen LogP contribution in [0.25, 0.3) is 28.5 Å². The van der Waals surface area contributed by atoms with Crippen molar-refractivity contribution in [3.8, 4) is 16.4 Å². The number of hydrogen-bond donors (Lipinski definition) is 1. The van der Waals surface area contributed by atoms with Crippen LogP contribution >= 0.6 is 11.3 Å². The number of ether oxygens (including phenoxy) is 1. The van der Waals surface area contributed by atoms with Crippen molar-refractivity contribution in [1.82, 2.24) is 19.7 Å². The Morgan fingerprint density at radius 3 is 2.52 bits per heavy atom. The van der Waals surface area contributed by atoms with Gasteiger partial charge >= 0.3 is 12.1 Å². The average molecular weight is 585 g/mol. The Kier molecular flexibility index (Phi) is 8.87. The number of thiophene rings is 1. The Hall–Kier alpha value is -4.24. The first kappa shape index (κ1) is 29.3. The SMILES string of the molecule is CCOC(=O)c1cnn(-c2cccc(-c3sc(C)cc3C=Cc3ccc(C4CCN(C(=O)O)CC4)cc3C)n2)c1CC. The first-order valence-electron chi connectivity index (χ1n) is 14.4. The van der Waals surface area contributed by atoms with E-state index in [9.17, 15) is 14.7 Å². The predicted molar refractivity (Wildman–Crippen MR) is 166 cm³/mol. The summed E-state index contributed by atoms with van der Waals surface area (Å²) in [4.78, 5) is 32.4. The van der Waals surface area contributed by atoms with Crippen LogP contribution in [0.3, 0.4) is 0 Å². The quantitative estimate of drug-likeness (QED) is 0.217. The van der Waals surface area contributed by atoms with Gasteiger partial charge in [-0.25, -0.2) is 19.3 Å². The van der Waals surface area contributed by atoms with Crippen LogP contribution in [0.2, 0.25) is 0 Å². The van der Waals surface area contributed by atoms with E-state index in [0.717, 1.165) is 40.2 Å². The summed E-state index contributed by atoms with van der Waals surface area (Å²) in [5.74, 6) is 0.671. The van der Waals surface area contributed by atoms with Crippen LogP contribution in [0.5, 0.6) is 0 Å². The van der Waals surface area contributed by atoms with E-state index in [0.29, 0.717) is 43.4 Å². The monoisotopic (exact) mass is 584 g/mol. The van der Waals surface area contributed by atoms with Gasteiger partial charge in [0.15, 0.2) is 5.82 Å². The van der Waals surface area contributed by atoms with Crippen molar-refractivity contribution in [2.24, 2.45) is 0 Å². The Bertz CT molecular complexity index is 1630. The summed E-state index contributed by atoms with van der Waals surface area (Å²) in [6, 6.07) is 14.6. The minimum atomic E-state index is -0.828. The van der Waals surface area contributed by atoms with Crippen molar-refractivity contribution in [2.75, 3.05) is 19.7 Å². The molecular weight excluding hydrogens is 548 g/mol. The summed E-state index contributed by atoms with van der Waals surface area (Å²) in [5, 5.41) is 13.7. The largest absolute Gasteiger partial charge is 0.465 e. The van der Waals surface area contributed by atoms with Gasteiger partial charge in [-0.3, -0.25) is 0 Å². The molecule has 42 heavy (non-hydrogen) atoms. The van der Waals surface area contributed by atoms with E-state index in [4.69, 9.17) is 9.72 Å². The topological polar surface area (TPSA) is 97.6 Å². The van der Waals surface area contributed by atoms with Gasteiger partial charge in [0.1, 0.15) is 5.56 Å². The summed E-state index contributed by atoms with van der Waals surface area (Å²) in [6.45, 7) is 9.49. The lowest BCUT2D eigenvalue weighted by Gasteiger charge is -2.30. The van der Waals surface area contributed by atoms with Crippen LogP contribution in [0, 0.1) is 13.8 Å². The maximum Gasteiger partial charge on any atom is 0.407 e. The molecule has 0 spiro atoms. The molecule has 0 atom stereocenters. The van der Waals surface area contributed by atoms with Gasteiger partial charge in [-0.1, -0.05) is 43.3 Å². The van der Waals surface area contributed by atoms with E-state index in [1.54, 1.807) is 29.1 Å². The molecule has 0 radical (unpaired) electrons. The minimum absolute atomic E-state index is 0.312. The Balaban J connectivity index is 1.38. The predicted octanol–water partition coefficient (Wildman–Crippen LogP) is 7.38. The lowest BCUT2D eigenvalue weighted by atomic mass is 9.88. The molecule has 4 heterocycles. The van der Waals surface area contributed by atoms with Crippen LogP contribution in [0.1, 0.15) is 75.8 Å². The smallest absolute Gasteiger partial charge is 0.407 e. The third kappa shape index (κ3) is 6.16. The summed E-state index contributed by atoms with van der Waals surface area (Å²) in [6.07, 6.45) is 7.35. The lowest BCUT2D eigenvalue weighted by Crippen LogP contribution is -2.36. The fourth-order valence-electron chi connectivity index (χ4n) is 5.54. The zero-order valence-electron chi connectivity index (χ0n) is 24.5. The van der Waals surface area contributed by atoms with Gasteiger partial charge in [-0.05, 0) is 86.4 Å². The van der Waals surface area contributed by atoms with Gasteiger partial charge in [0.05, 0.1) is 29.1 Å². The number of carboxylic acid groups (broad SMARTS) is 1. The van der Waals surface area contributed by atoms with Gasteiger partial charge in [-0.2, -0.15) is 5.10 Å². The lowest BCUT2D eigenvalue weighted by molar-refractivity contribution is 0.0525. The van der Waals surface area contributed by atoms with Gasteiger partial charge < -0.3 is 14.7 Å². The molecule has 1 aliphatic heterocycles. The van der Waals surface area contributed by atoms with Gasteiger partial charge in [-0.15, -0.1) is 11.3 Å². The van der Waals surface area contributed by atoms with Crippen molar-refractivity contribution in [1.29, 1.82) is 0 Å². The molecule has 218 valence electrons. The second-order valence-electron chi connectivity index (χ2n) is 10.5. The van der Waals surface area contributed by atoms with Crippen LogP contribution in [-0.2, 0) is 11.2 Å². The Morgan fingerprint density at radius 2 is 1.83 bits per heavy atom. The molecule has 0 aliphatic carbocycles. The van der Waals surface area contributed by atoms with E-state index in [1.165, 1.54) is 20.9 Å². The third-order valence-electron chi connectivity index (χ3n) is 7.74. The van der Waals surface area contributed by atoms with E-state index in [-0.39, 0.29) is 5.97 Å². The second kappa shape index (κ2) is 12.7. The highest BCUT2D eigenvalue weighted by atomic mass is 32.1. The molecule has 1 aromatic carbocycles. The first-order chi connectivity index (χ1) is 20.3. The number of pyridine rings is 1. The first-order valence-corrected chi connectivity index (χ1v) is 15.2. The van der Waals surface area contributed by atoms with Crippen LogP contribution < -0.4 is 0 Å². The molecule has 0 saturated carbocycles. The maximum atomic E-state index is 12.4.